The van der Waals surface area contributed by atoms with Gasteiger partial charge in [-0.2, -0.15) is 5.10 Å². The second kappa shape index (κ2) is 5.23. The van der Waals surface area contributed by atoms with E-state index >= 15 is 0 Å². The molecule has 0 bridgehead atoms. The molecule has 0 saturated heterocycles. The van der Waals surface area contributed by atoms with Crippen molar-refractivity contribution >= 4 is 0 Å². The Morgan fingerprint density at radius 1 is 1.39 bits per heavy atom. The summed E-state index contributed by atoms with van der Waals surface area (Å²) in [4.78, 5) is 0. The van der Waals surface area contributed by atoms with Gasteiger partial charge in [0.15, 0.2) is 0 Å². The van der Waals surface area contributed by atoms with Crippen LogP contribution in [0.5, 0.6) is 5.75 Å². The first-order valence-corrected chi connectivity index (χ1v) is 6.03. The van der Waals surface area contributed by atoms with Crippen LogP contribution in [0.2, 0.25) is 0 Å². The van der Waals surface area contributed by atoms with E-state index in [0.717, 1.165) is 22.6 Å². The lowest BCUT2D eigenvalue weighted by Gasteiger charge is -2.14. The van der Waals surface area contributed by atoms with E-state index in [2.05, 4.69) is 5.10 Å². The summed E-state index contributed by atoms with van der Waals surface area (Å²) in [5, 5.41) is 4.28. The Kier molecular flexibility index (Phi) is 3.67. The van der Waals surface area contributed by atoms with Gasteiger partial charge in [0.25, 0.3) is 0 Å². The van der Waals surface area contributed by atoms with Gasteiger partial charge in [0.1, 0.15) is 12.4 Å². The van der Waals surface area contributed by atoms with Crippen molar-refractivity contribution in [3.05, 3.63) is 47.3 Å². The fourth-order valence-electron chi connectivity index (χ4n) is 1.83. The summed E-state index contributed by atoms with van der Waals surface area (Å²) in [6.07, 6.45) is 1.90. The van der Waals surface area contributed by atoms with Crippen molar-refractivity contribution in [3.63, 3.8) is 0 Å². The molecule has 0 saturated carbocycles. The Morgan fingerprint density at radius 3 is 2.78 bits per heavy atom. The number of hydrogen-bond donors (Lipinski definition) is 1. The van der Waals surface area contributed by atoms with Gasteiger partial charge in [0.05, 0.1) is 5.69 Å². The van der Waals surface area contributed by atoms with Gasteiger partial charge in [0.2, 0.25) is 0 Å². The first-order valence-electron chi connectivity index (χ1n) is 6.03. The molecule has 1 atom stereocenters. The van der Waals surface area contributed by atoms with E-state index in [1.54, 1.807) is 4.68 Å². The third-order valence-electron chi connectivity index (χ3n) is 2.80. The largest absolute Gasteiger partial charge is 0.487 e. The Hall–Kier alpha value is -1.81. The number of benzene rings is 1. The van der Waals surface area contributed by atoms with Crippen LogP contribution in [0.15, 0.2) is 30.5 Å². The third kappa shape index (κ3) is 2.90. The molecule has 0 aliphatic carbocycles. The highest BCUT2D eigenvalue weighted by atomic mass is 16.5. The van der Waals surface area contributed by atoms with Gasteiger partial charge in [0, 0.05) is 24.8 Å². The Bertz CT molecular complexity index is 532. The van der Waals surface area contributed by atoms with Crippen LogP contribution in [0, 0.1) is 6.92 Å². The maximum Gasteiger partial charge on any atom is 0.132 e. The fourth-order valence-corrected chi connectivity index (χ4v) is 1.83. The molecule has 2 N–H and O–H groups in total. The molecule has 1 heterocycles. The summed E-state index contributed by atoms with van der Waals surface area (Å²) in [6.45, 7) is 4.46. The van der Waals surface area contributed by atoms with E-state index < -0.39 is 0 Å². The number of aryl methyl sites for hydroxylation is 2. The SMILES string of the molecule is Cc1ccc(C(C)N)c(OCc2ccn(C)n2)c1. The number of nitrogens with two attached hydrogens (primary N) is 1. The minimum Gasteiger partial charge on any atom is -0.487 e. The summed E-state index contributed by atoms with van der Waals surface area (Å²) in [7, 11) is 1.89. The van der Waals surface area contributed by atoms with Crippen molar-refractivity contribution in [1.29, 1.82) is 0 Å². The van der Waals surface area contributed by atoms with Gasteiger partial charge >= 0.3 is 0 Å². The molecule has 96 valence electrons. The van der Waals surface area contributed by atoms with E-state index in [4.69, 9.17) is 10.5 Å². The number of hydrogen-bond acceptors (Lipinski definition) is 3. The molecule has 4 heteroatoms. The van der Waals surface area contributed by atoms with Crippen molar-refractivity contribution in [2.45, 2.75) is 26.5 Å². The van der Waals surface area contributed by atoms with Crippen LogP contribution in [-0.2, 0) is 13.7 Å². The van der Waals surface area contributed by atoms with E-state index in [-0.39, 0.29) is 6.04 Å². The van der Waals surface area contributed by atoms with Gasteiger partial charge in [-0.25, -0.2) is 0 Å². The lowest BCUT2D eigenvalue weighted by Crippen LogP contribution is -2.08. The summed E-state index contributed by atoms with van der Waals surface area (Å²) in [5.41, 5.74) is 9.04. The number of ether oxygens (including phenoxy) is 1. The average molecular weight is 245 g/mol. The molecular weight excluding hydrogens is 226 g/mol. The van der Waals surface area contributed by atoms with Crippen LogP contribution in [0.25, 0.3) is 0 Å². The quantitative estimate of drug-likeness (QED) is 0.899. The van der Waals surface area contributed by atoms with Crippen LogP contribution >= 0.6 is 0 Å². The smallest absolute Gasteiger partial charge is 0.132 e. The van der Waals surface area contributed by atoms with E-state index in [1.807, 2.05) is 51.4 Å². The molecule has 1 unspecified atom stereocenters. The van der Waals surface area contributed by atoms with Crippen molar-refractivity contribution in [1.82, 2.24) is 9.78 Å². The van der Waals surface area contributed by atoms with Gasteiger partial charge in [-0.15, -0.1) is 0 Å². The molecule has 0 spiro atoms. The van der Waals surface area contributed by atoms with Gasteiger partial charge < -0.3 is 10.5 Å². The summed E-state index contributed by atoms with van der Waals surface area (Å²) in [6, 6.07) is 7.99. The summed E-state index contributed by atoms with van der Waals surface area (Å²) >= 11 is 0. The van der Waals surface area contributed by atoms with Gasteiger partial charge in [-0.3, -0.25) is 4.68 Å². The maximum absolute atomic E-state index is 5.94. The summed E-state index contributed by atoms with van der Waals surface area (Å²) in [5.74, 6) is 0.843. The van der Waals surface area contributed by atoms with E-state index in [9.17, 15) is 0 Å². The molecule has 0 amide bonds. The molecule has 1 aromatic carbocycles. The predicted molar refractivity (Wildman–Crippen MR) is 71.3 cm³/mol. The molecule has 0 fully saturated rings. The Balaban J connectivity index is 2.15. The lowest BCUT2D eigenvalue weighted by molar-refractivity contribution is 0.295. The molecule has 18 heavy (non-hydrogen) atoms. The zero-order valence-corrected chi connectivity index (χ0v) is 11.1. The lowest BCUT2D eigenvalue weighted by atomic mass is 10.1. The highest BCUT2D eigenvalue weighted by Crippen LogP contribution is 2.25. The zero-order chi connectivity index (χ0) is 13.1. The van der Waals surface area contributed by atoms with Crippen molar-refractivity contribution < 1.29 is 4.74 Å². The minimum absolute atomic E-state index is 0.0377. The normalized spacial score (nSPS) is 12.4. The topological polar surface area (TPSA) is 53.1 Å². The number of aromatic nitrogens is 2. The standard InChI is InChI=1S/C14H19N3O/c1-10-4-5-13(11(2)15)14(8-10)18-9-12-6-7-17(3)16-12/h4-8,11H,9,15H2,1-3H3. The van der Waals surface area contributed by atoms with Crippen molar-refractivity contribution in [3.8, 4) is 5.75 Å². The molecule has 0 aliphatic heterocycles. The monoisotopic (exact) mass is 245 g/mol. The fraction of sp³-hybridized carbons (Fsp3) is 0.357. The second-order valence-corrected chi connectivity index (χ2v) is 4.60. The molecule has 2 aromatic rings. The molecule has 2 rings (SSSR count). The summed E-state index contributed by atoms with van der Waals surface area (Å²) < 4.78 is 7.59. The van der Waals surface area contributed by atoms with Crippen molar-refractivity contribution in [2.75, 3.05) is 0 Å². The van der Waals surface area contributed by atoms with Crippen molar-refractivity contribution in [2.24, 2.45) is 12.8 Å². The average Bonchev–Trinajstić information content (AvgIpc) is 2.72. The molecule has 4 nitrogen and oxygen atoms in total. The van der Waals surface area contributed by atoms with Crippen LogP contribution in [-0.4, -0.2) is 9.78 Å². The van der Waals surface area contributed by atoms with Crippen LogP contribution in [0.4, 0.5) is 0 Å². The maximum atomic E-state index is 5.94. The zero-order valence-electron chi connectivity index (χ0n) is 11.1. The second-order valence-electron chi connectivity index (χ2n) is 4.60. The predicted octanol–water partition coefficient (Wildman–Crippen LogP) is 2.33. The van der Waals surface area contributed by atoms with Crippen LogP contribution in [0.1, 0.15) is 29.8 Å². The van der Waals surface area contributed by atoms with Gasteiger partial charge in [-0.05, 0) is 31.5 Å². The van der Waals surface area contributed by atoms with Gasteiger partial charge in [-0.1, -0.05) is 12.1 Å². The molecule has 0 radical (unpaired) electrons. The van der Waals surface area contributed by atoms with E-state index in [1.165, 1.54) is 0 Å². The Morgan fingerprint density at radius 2 is 2.17 bits per heavy atom. The highest BCUT2D eigenvalue weighted by molar-refractivity contribution is 5.39. The number of nitrogens with zero attached hydrogens (tertiary/aromatic N) is 2. The number of rotatable bonds is 4. The molecular formula is C14H19N3O. The van der Waals surface area contributed by atoms with E-state index in [0.29, 0.717) is 6.61 Å². The first kappa shape index (κ1) is 12.6. The third-order valence-corrected chi connectivity index (χ3v) is 2.80. The minimum atomic E-state index is -0.0377. The molecule has 1 aromatic heterocycles. The molecule has 0 aliphatic rings. The van der Waals surface area contributed by atoms with Crippen LogP contribution in [0.3, 0.4) is 0 Å². The highest BCUT2D eigenvalue weighted by Gasteiger charge is 2.09. The van der Waals surface area contributed by atoms with Crippen LogP contribution < -0.4 is 10.5 Å². The first-order chi connectivity index (χ1) is 8.56. The Labute approximate surface area is 107 Å².